The quantitative estimate of drug-likeness (QED) is 0.331. The largest absolute Gasteiger partial charge is 0.506 e. The number of nitrogens with zero attached hydrogens (tertiary/aromatic N) is 1. The van der Waals surface area contributed by atoms with Gasteiger partial charge in [0.2, 0.25) is 0 Å². The molecule has 0 aliphatic carbocycles. The van der Waals surface area contributed by atoms with E-state index in [2.05, 4.69) is 15.3 Å². The van der Waals surface area contributed by atoms with Gasteiger partial charge in [0.15, 0.2) is 0 Å². The van der Waals surface area contributed by atoms with Crippen molar-refractivity contribution in [3.8, 4) is 5.75 Å². The second kappa shape index (κ2) is 13.7. The van der Waals surface area contributed by atoms with Crippen LogP contribution in [-0.4, -0.2) is 52.9 Å². The van der Waals surface area contributed by atoms with E-state index in [4.69, 9.17) is 4.74 Å². The Morgan fingerprint density at radius 1 is 1.13 bits per heavy atom. The number of phenolic OH excluding ortho intramolecular Hbond substituents is 1. The average Bonchev–Trinajstić information content (AvgIpc) is 3.13. The minimum atomic E-state index is -0.131. The number of hydrogen-bond acceptors (Lipinski definition) is 7. The van der Waals surface area contributed by atoms with Crippen molar-refractivity contribution in [3.05, 3.63) is 57.5 Å². The molecule has 9 heteroatoms. The van der Waals surface area contributed by atoms with Gasteiger partial charge in [-0.2, -0.15) is 11.8 Å². The van der Waals surface area contributed by atoms with Crippen LogP contribution in [0.15, 0.2) is 41.3 Å². The third-order valence-corrected chi connectivity index (χ3v) is 6.44. The van der Waals surface area contributed by atoms with Gasteiger partial charge in [-0.3, -0.25) is 9.78 Å². The van der Waals surface area contributed by atoms with Crippen molar-refractivity contribution in [1.82, 2.24) is 15.3 Å². The maximum absolute atomic E-state index is 11.5. The summed E-state index contributed by atoms with van der Waals surface area (Å²) in [6, 6.07) is 9.49. The van der Waals surface area contributed by atoms with Crippen molar-refractivity contribution in [2.75, 3.05) is 37.8 Å². The number of benzene rings is 1. The van der Waals surface area contributed by atoms with Crippen LogP contribution in [0.1, 0.15) is 17.7 Å². The number of ether oxygens (including phenoxy) is 1. The average molecular weight is 470 g/mol. The Bertz CT molecular complexity index is 934. The van der Waals surface area contributed by atoms with Gasteiger partial charge in [-0.05, 0) is 55.4 Å². The van der Waals surface area contributed by atoms with E-state index < -0.39 is 0 Å². The number of pyridine rings is 1. The first-order chi connectivity index (χ1) is 14.2. The second-order valence-corrected chi connectivity index (χ2v) is 8.82. The molecular formula is C21H28ClN3O3S2. The van der Waals surface area contributed by atoms with Crippen LogP contribution in [0.25, 0.3) is 10.2 Å². The van der Waals surface area contributed by atoms with Crippen molar-refractivity contribution in [2.45, 2.75) is 19.3 Å². The summed E-state index contributed by atoms with van der Waals surface area (Å²) in [6.45, 7) is 3.33. The monoisotopic (exact) mass is 469 g/mol. The number of hydrogen-bond donors (Lipinski definition) is 3. The Labute approximate surface area is 190 Å². The lowest BCUT2D eigenvalue weighted by Gasteiger charge is -2.07. The predicted octanol–water partition coefficient (Wildman–Crippen LogP) is 3.63. The van der Waals surface area contributed by atoms with Gasteiger partial charge >= 0.3 is 4.87 Å². The fourth-order valence-electron chi connectivity index (χ4n) is 2.96. The topological polar surface area (TPSA) is 87.2 Å². The zero-order chi connectivity index (χ0) is 20.3. The Balaban J connectivity index is 0.00000320. The summed E-state index contributed by atoms with van der Waals surface area (Å²) in [5.74, 6) is 2.26. The van der Waals surface area contributed by atoms with Crippen LogP contribution >= 0.6 is 35.5 Å². The van der Waals surface area contributed by atoms with Crippen molar-refractivity contribution < 1.29 is 9.84 Å². The highest BCUT2D eigenvalue weighted by Crippen LogP contribution is 2.27. The summed E-state index contributed by atoms with van der Waals surface area (Å²) in [7, 11) is 0. The SMILES string of the molecule is Cl.O=c1[nH]c2c(O)ccc(CCNCCCSCCOCCc3ccccn3)c2s1. The molecule has 0 unspecified atom stereocenters. The summed E-state index contributed by atoms with van der Waals surface area (Å²) in [5, 5.41) is 13.3. The van der Waals surface area contributed by atoms with Gasteiger partial charge in [0.25, 0.3) is 0 Å². The predicted molar refractivity (Wildman–Crippen MR) is 129 cm³/mol. The van der Waals surface area contributed by atoms with Crippen molar-refractivity contribution >= 4 is 45.7 Å². The van der Waals surface area contributed by atoms with Crippen molar-refractivity contribution in [3.63, 3.8) is 0 Å². The van der Waals surface area contributed by atoms with Gasteiger partial charge in [-0.15, -0.1) is 12.4 Å². The van der Waals surface area contributed by atoms with E-state index in [1.54, 1.807) is 6.07 Å². The maximum Gasteiger partial charge on any atom is 0.305 e. The Morgan fingerprint density at radius 2 is 2.03 bits per heavy atom. The molecule has 0 aliphatic rings. The minimum Gasteiger partial charge on any atom is -0.506 e. The van der Waals surface area contributed by atoms with Crippen LogP contribution in [-0.2, 0) is 17.6 Å². The summed E-state index contributed by atoms with van der Waals surface area (Å²) < 4.78 is 6.52. The van der Waals surface area contributed by atoms with E-state index in [9.17, 15) is 9.90 Å². The molecule has 0 bridgehead atoms. The van der Waals surface area contributed by atoms with Crippen LogP contribution in [0.5, 0.6) is 5.75 Å². The molecule has 0 fully saturated rings. The first kappa shape index (κ1) is 24.7. The molecule has 3 N–H and O–H groups in total. The molecule has 2 heterocycles. The van der Waals surface area contributed by atoms with Crippen LogP contribution in [0.4, 0.5) is 0 Å². The highest BCUT2D eigenvalue weighted by Gasteiger charge is 2.09. The number of H-pyrrole nitrogens is 1. The number of aromatic nitrogens is 2. The number of fused-ring (bicyclic) bond motifs is 1. The summed E-state index contributed by atoms with van der Waals surface area (Å²) in [4.78, 5) is 18.4. The van der Waals surface area contributed by atoms with Crippen LogP contribution in [0.3, 0.4) is 0 Å². The molecule has 0 saturated heterocycles. The Kier molecular flexibility index (Phi) is 11.2. The van der Waals surface area contributed by atoms with E-state index in [0.29, 0.717) is 5.52 Å². The Morgan fingerprint density at radius 3 is 2.87 bits per heavy atom. The van der Waals surface area contributed by atoms with Crippen LogP contribution in [0, 0.1) is 0 Å². The van der Waals surface area contributed by atoms with E-state index in [1.165, 1.54) is 0 Å². The van der Waals surface area contributed by atoms with Gasteiger partial charge < -0.3 is 20.1 Å². The lowest BCUT2D eigenvalue weighted by molar-refractivity contribution is 0.152. The molecule has 0 spiro atoms. The third kappa shape index (κ3) is 7.92. The third-order valence-electron chi connectivity index (χ3n) is 4.45. The molecule has 164 valence electrons. The smallest absolute Gasteiger partial charge is 0.305 e. The molecule has 0 saturated carbocycles. The molecule has 30 heavy (non-hydrogen) atoms. The molecule has 0 aliphatic heterocycles. The molecule has 2 aromatic heterocycles. The number of nitrogens with one attached hydrogen (secondary N) is 2. The first-order valence-electron chi connectivity index (χ1n) is 9.84. The molecule has 0 amide bonds. The maximum atomic E-state index is 11.5. The number of phenols is 1. The molecule has 6 nitrogen and oxygen atoms in total. The number of rotatable bonds is 13. The van der Waals surface area contributed by atoms with Gasteiger partial charge in [0.1, 0.15) is 11.3 Å². The molecule has 3 aromatic rings. The zero-order valence-corrected chi connectivity index (χ0v) is 19.2. The van der Waals surface area contributed by atoms with Gasteiger partial charge in [-0.1, -0.05) is 23.5 Å². The van der Waals surface area contributed by atoms with Crippen molar-refractivity contribution in [2.24, 2.45) is 0 Å². The van der Waals surface area contributed by atoms with Gasteiger partial charge in [0.05, 0.1) is 17.9 Å². The lowest BCUT2D eigenvalue weighted by atomic mass is 10.1. The van der Waals surface area contributed by atoms with Crippen molar-refractivity contribution in [1.29, 1.82) is 0 Å². The van der Waals surface area contributed by atoms with Gasteiger partial charge in [-0.25, -0.2) is 0 Å². The lowest BCUT2D eigenvalue weighted by Crippen LogP contribution is -2.19. The fraction of sp³-hybridized carbons (Fsp3) is 0.429. The highest BCUT2D eigenvalue weighted by atomic mass is 35.5. The molecule has 0 atom stereocenters. The number of halogens is 1. The summed E-state index contributed by atoms with van der Waals surface area (Å²) in [5.41, 5.74) is 2.71. The summed E-state index contributed by atoms with van der Waals surface area (Å²) in [6.07, 6.45) is 4.62. The van der Waals surface area contributed by atoms with Gasteiger partial charge in [0, 0.05) is 24.1 Å². The standard InChI is InChI=1S/C21H27N3O3S2.ClH/c25-18-6-5-16(20-19(18)24-21(26)29-20)7-11-22-9-3-14-28-15-13-27-12-8-17-4-1-2-10-23-17;/h1-2,4-6,10,22,25H,3,7-9,11-15H2,(H,24,26);1H. The number of thioether (sulfide) groups is 1. The highest BCUT2D eigenvalue weighted by molar-refractivity contribution is 7.99. The normalized spacial score (nSPS) is 10.9. The Hall–Kier alpha value is -1.58. The fourth-order valence-corrected chi connectivity index (χ4v) is 4.65. The summed E-state index contributed by atoms with van der Waals surface area (Å²) >= 11 is 3.07. The zero-order valence-electron chi connectivity index (χ0n) is 16.8. The minimum absolute atomic E-state index is 0. The second-order valence-electron chi connectivity index (χ2n) is 6.61. The van der Waals surface area contributed by atoms with E-state index in [-0.39, 0.29) is 23.0 Å². The van der Waals surface area contributed by atoms with Crippen LogP contribution < -0.4 is 10.2 Å². The number of thiazole rings is 1. The first-order valence-corrected chi connectivity index (χ1v) is 11.8. The molecular weight excluding hydrogens is 442 g/mol. The van der Waals surface area contributed by atoms with E-state index >= 15 is 0 Å². The van der Waals surface area contributed by atoms with Crippen LogP contribution in [0.2, 0.25) is 0 Å². The molecule has 0 radical (unpaired) electrons. The molecule has 3 rings (SSSR count). The molecule has 1 aromatic carbocycles. The number of aromatic hydroxyl groups is 1. The number of aromatic amines is 1. The van der Waals surface area contributed by atoms with E-state index in [1.807, 2.05) is 42.2 Å². The van der Waals surface area contributed by atoms with E-state index in [0.717, 1.165) is 84.4 Å².